The maximum absolute atomic E-state index is 5.86. The molecule has 0 atom stereocenters. The number of benzene rings is 1. The van der Waals surface area contributed by atoms with Gasteiger partial charge >= 0.3 is 0 Å². The van der Waals surface area contributed by atoms with E-state index in [1.807, 2.05) is 36.4 Å². The van der Waals surface area contributed by atoms with Crippen molar-refractivity contribution in [3.63, 3.8) is 0 Å². The summed E-state index contributed by atoms with van der Waals surface area (Å²) in [6.45, 7) is 5.83. The number of hydrogen-bond acceptors (Lipinski definition) is 4. The number of methoxy groups -OCH3 is 1. The van der Waals surface area contributed by atoms with E-state index in [4.69, 9.17) is 9.47 Å². The Hall–Kier alpha value is -2.07. The predicted octanol–water partition coefficient (Wildman–Crippen LogP) is 3.55. The van der Waals surface area contributed by atoms with Crippen molar-refractivity contribution in [1.82, 2.24) is 10.3 Å². The predicted molar refractivity (Wildman–Crippen MR) is 84.1 cm³/mol. The van der Waals surface area contributed by atoms with Crippen LogP contribution in [-0.4, -0.2) is 18.6 Å². The Morgan fingerprint density at radius 3 is 2.67 bits per heavy atom. The molecule has 2 rings (SSSR count). The zero-order valence-corrected chi connectivity index (χ0v) is 12.8. The second-order valence-electron chi connectivity index (χ2n) is 4.69. The third-order valence-electron chi connectivity index (χ3n) is 3.19. The van der Waals surface area contributed by atoms with Gasteiger partial charge in [-0.25, -0.2) is 4.98 Å². The van der Waals surface area contributed by atoms with Crippen LogP contribution in [0, 0.1) is 0 Å². The fourth-order valence-electron chi connectivity index (χ4n) is 1.99. The molecule has 0 radical (unpaired) electrons. The molecule has 112 valence electrons. The van der Waals surface area contributed by atoms with Crippen LogP contribution in [0.2, 0.25) is 0 Å². The first-order valence-electron chi connectivity index (χ1n) is 7.28. The molecule has 0 saturated heterocycles. The molecule has 0 bridgehead atoms. The maximum atomic E-state index is 5.86. The molecule has 1 aromatic carbocycles. The third-order valence-corrected chi connectivity index (χ3v) is 3.19. The van der Waals surface area contributed by atoms with E-state index in [-0.39, 0.29) is 0 Å². The van der Waals surface area contributed by atoms with Gasteiger partial charge in [-0.3, -0.25) is 0 Å². The van der Waals surface area contributed by atoms with E-state index in [0.29, 0.717) is 11.6 Å². The van der Waals surface area contributed by atoms with Gasteiger partial charge in [0.05, 0.1) is 12.8 Å². The average Bonchev–Trinajstić information content (AvgIpc) is 2.53. The van der Waals surface area contributed by atoms with Crippen LogP contribution in [0.4, 0.5) is 0 Å². The Kier molecular flexibility index (Phi) is 5.58. The zero-order chi connectivity index (χ0) is 15.1. The highest BCUT2D eigenvalue weighted by Crippen LogP contribution is 2.31. The smallest absolute Gasteiger partial charge is 0.219 e. The normalized spacial score (nSPS) is 10.4. The van der Waals surface area contributed by atoms with Gasteiger partial charge in [-0.2, -0.15) is 0 Å². The number of rotatable bonds is 7. The van der Waals surface area contributed by atoms with Gasteiger partial charge in [0.15, 0.2) is 11.5 Å². The summed E-state index contributed by atoms with van der Waals surface area (Å²) in [5.41, 5.74) is 2.17. The van der Waals surface area contributed by atoms with Gasteiger partial charge in [0, 0.05) is 12.6 Å². The van der Waals surface area contributed by atoms with Crippen LogP contribution >= 0.6 is 0 Å². The van der Waals surface area contributed by atoms with Crippen molar-refractivity contribution in [2.75, 3.05) is 13.7 Å². The van der Waals surface area contributed by atoms with Crippen LogP contribution in [0.5, 0.6) is 17.4 Å². The highest BCUT2D eigenvalue weighted by Gasteiger charge is 2.07. The van der Waals surface area contributed by atoms with E-state index in [1.165, 1.54) is 5.56 Å². The van der Waals surface area contributed by atoms with Crippen LogP contribution in [0.25, 0.3) is 0 Å². The van der Waals surface area contributed by atoms with Crippen molar-refractivity contribution in [3.05, 3.63) is 47.7 Å². The van der Waals surface area contributed by atoms with Crippen molar-refractivity contribution < 1.29 is 9.47 Å². The van der Waals surface area contributed by atoms with E-state index in [2.05, 4.69) is 24.1 Å². The van der Waals surface area contributed by atoms with Crippen LogP contribution in [0.15, 0.2) is 36.4 Å². The van der Waals surface area contributed by atoms with E-state index >= 15 is 0 Å². The zero-order valence-electron chi connectivity index (χ0n) is 12.8. The van der Waals surface area contributed by atoms with Gasteiger partial charge in [0.1, 0.15) is 0 Å². The Bertz CT molecular complexity index is 585. The van der Waals surface area contributed by atoms with Gasteiger partial charge in [-0.05, 0) is 36.7 Å². The summed E-state index contributed by atoms with van der Waals surface area (Å²) < 4.78 is 11.2. The molecule has 1 heterocycles. The van der Waals surface area contributed by atoms with Crippen molar-refractivity contribution in [3.8, 4) is 17.4 Å². The Labute approximate surface area is 126 Å². The fraction of sp³-hybridized carbons (Fsp3) is 0.353. The molecule has 1 N–H and O–H groups in total. The van der Waals surface area contributed by atoms with Crippen molar-refractivity contribution >= 4 is 0 Å². The van der Waals surface area contributed by atoms with Crippen LogP contribution in [0.1, 0.15) is 25.1 Å². The number of nitrogens with zero attached hydrogens (tertiary/aromatic N) is 1. The molecule has 2 aromatic rings. The molecular weight excluding hydrogens is 264 g/mol. The lowest BCUT2D eigenvalue weighted by molar-refractivity contribution is 0.373. The Morgan fingerprint density at radius 1 is 1.10 bits per heavy atom. The SMILES string of the molecule is CCNCc1cccc(Oc2ccc(CC)cc2OC)n1. The van der Waals surface area contributed by atoms with Crippen LogP contribution in [0.3, 0.4) is 0 Å². The highest BCUT2D eigenvalue weighted by molar-refractivity contribution is 5.44. The number of nitrogens with one attached hydrogen (secondary N) is 1. The maximum Gasteiger partial charge on any atom is 0.219 e. The molecule has 1 aromatic heterocycles. The topological polar surface area (TPSA) is 43.4 Å². The van der Waals surface area contributed by atoms with Crippen molar-refractivity contribution in [2.24, 2.45) is 0 Å². The Balaban J connectivity index is 2.17. The lowest BCUT2D eigenvalue weighted by Gasteiger charge is -2.11. The van der Waals surface area contributed by atoms with Crippen molar-refractivity contribution in [1.29, 1.82) is 0 Å². The first kappa shape index (κ1) is 15.3. The summed E-state index contributed by atoms with van der Waals surface area (Å²) in [5, 5.41) is 3.25. The van der Waals surface area contributed by atoms with Gasteiger partial charge in [0.25, 0.3) is 0 Å². The quantitative estimate of drug-likeness (QED) is 0.845. The minimum atomic E-state index is 0.577. The lowest BCUT2D eigenvalue weighted by Crippen LogP contribution is -2.12. The molecule has 4 nitrogen and oxygen atoms in total. The molecule has 0 aliphatic carbocycles. The lowest BCUT2D eigenvalue weighted by atomic mass is 10.1. The minimum Gasteiger partial charge on any atom is -0.493 e. The van der Waals surface area contributed by atoms with Crippen LogP contribution < -0.4 is 14.8 Å². The molecule has 0 saturated carbocycles. The first-order valence-corrected chi connectivity index (χ1v) is 7.28. The molecule has 0 spiro atoms. The summed E-state index contributed by atoms with van der Waals surface area (Å²) in [6, 6.07) is 11.7. The van der Waals surface area contributed by atoms with E-state index in [1.54, 1.807) is 7.11 Å². The second-order valence-corrected chi connectivity index (χ2v) is 4.69. The van der Waals surface area contributed by atoms with Gasteiger partial charge in [-0.15, -0.1) is 0 Å². The molecule has 0 amide bonds. The standard InChI is InChI=1S/C17H22N2O2/c1-4-13-9-10-15(16(11-13)20-3)21-17-8-6-7-14(19-17)12-18-5-2/h6-11,18H,4-5,12H2,1-3H3. The molecule has 21 heavy (non-hydrogen) atoms. The molecule has 0 aliphatic rings. The fourth-order valence-corrected chi connectivity index (χ4v) is 1.99. The third kappa shape index (κ3) is 4.20. The monoisotopic (exact) mass is 286 g/mol. The van der Waals surface area contributed by atoms with Gasteiger partial charge in [-0.1, -0.05) is 26.0 Å². The van der Waals surface area contributed by atoms with Crippen LogP contribution in [-0.2, 0) is 13.0 Å². The minimum absolute atomic E-state index is 0.577. The Morgan fingerprint density at radius 2 is 1.95 bits per heavy atom. The molecular formula is C17H22N2O2. The number of aryl methyl sites for hydroxylation is 1. The summed E-state index contributed by atoms with van der Waals surface area (Å²) in [7, 11) is 1.65. The number of aromatic nitrogens is 1. The van der Waals surface area contributed by atoms with E-state index in [0.717, 1.165) is 31.0 Å². The molecule has 4 heteroatoms. The largest absolute Gasteiger partial charge is 0.493 e. The second kappa shape index (κ2) is 7.64. The summed E-state index contributed by atoms with van der Waals surface area (Å²) in [6.07, 6.45) is 0.965. The van der Waals surface area contributed by atoms with Crippen molar-refractivity contribution in [2.45, 2.75) is 26.8 Å². The highest BCUT2D eigenvalue weighted by atomic mass is 16.5. The van der Waals surface area contributed by atoms with Gasteiger partial charge in [0.2, 0.25) is 5.88 Å². The summed E-state index contributed by atoms with van der Waals surface area (Å²) in [5.74, 6) is 1.99. The van der Waals surface area contributed by atoms with E-state index < -0.39 is 0 Å². The van der Waals surface area contributed by atoms with Gasteiger partial charge < -0.3 is 14.8 Å². The summed E-state index contributed by atoms with van der Waals surface area (Å²) >= 11 is 0. The molecule has 0 unspecified atom stereocenters. The molecule has 0 fully saturated rings. The number of ether oxygens (including phenoxy) is 2. The number of hydrogen-bond donors (Lipinski definition) is 1. The molecule has 0 aliphatic heterocycles. The first-order chi connectivity index (χ1) is 10.3. The number of pyridine rings is 1. The average molecular weight is 286 g/mol. The van der Waals surface area contributed by atoms with E-state index in [9.17, 15) is 0 Å². The summed E-state index contributed by atoms with van der Waals surface area (Å²) in [4.78, 5) is 4.48.